The Bertz CT molecular complexity index is 906. The molecule has 3 rings (SSSR count). The fourth-order valence-corrected chi connectivity index (χ4v) is 4.12. The van der Waals surface area contributed by atoms with E-state index >= 15 is 0 Å². The minimum Gasteiger partial charge on any atom is -0.341 e. The molecule has 1 fully saturated rings. The fourth-order valence-electron chi connectivity index (χ4n) is 3.71. The van der Waals surface area contributed by atoms with Crippen LogP contribution in [0, 0.1) is 5.92 Å². The van der Waals surface area contributed by atoms with Crippen molar-refractivity contribution >= 4 is 23.6 Å². The van der Waals surface area contributed by atoms with Crippen LogP contribution >= 0.6 is 11.8 Å². The SMILES string of the molecule is CSc1ccc(CN(C)C(=O)C2CCN(C(=O)c3ccc(C(F)(F)F)cc3)CC2)cc1. The molecule has 0 radical (unpaired) electrons. The molecule has 2 aromatic carbocycles. The summed E-state index contributed by atoms with van der Waals surface area (Å²) in [4.78, 5) is 29.9. The van der Waals surface area contributed by atoms with Gasteiger partial charge in [-0.1, -0.05) is 12.1 Å². The van der Waals surface area contributed by atoms with E-state index in [1.807, 2.05) is 30.5 Å². The lowest BCUT2D eigenvalue weighted by Crippen LogP contribution is -2.43. The summed E-state index contributed by atoms with van der Waals surface area (Å²) in [6.45, 7) is 1.34. The highest BCUT2D eigenvalue weighted by Crippen LogP contribution is 2.29. The number of nitrogens with zero attached hydrogens (tertiary/aromatic N) is 2. The lowest BCUT2D eigenvalue weighted by atomic mass is 9.94. The number of amides is 2. The van der Waals surface area contributed by atoms with E-state index in [0.717, 1.165) is 17.7 Å². The lowest BCUT2D eigenvalue weighted by molar-refractivity contribution is -0.137. The first kappa shape index (κ1) is 23.2. The quantitative estimate of drug-likeness (QED) is 0.606. The summed E-state index contributed by atoms with van der Waals surface area (Å²) in [5.74, 6) is -0.412. The standard InChI is InChI=1S/C23H25F3N2O2S/c1-27(15-16-3-9-20(31-2)10-4-16)21(29)18-11-13-28(14-12-18)22(30)17-5-7-19(8-6-17)23(24,25)26/h3-10,18H,11-15H2,1-2H3. The van der Waals surface area contributed by atoms with Crippen LogP contribution in [0.3, 0.4) is 0 Å². The fraction of sp³-hybridized carbons (Fsp3) is 0.391. The van der Waals surface area contributed by atoms with Crippen LogP contribution in [0.25, 0.3) is 0 Å². The average Bonchev–Trinajstić information content (AvgIpc) is 2.78. The van der Waals surface area contributed by atoms with Gasteiger partial charge in [-0.3, -0.25) is 9.59 Å². The summed E-state index contributed by atoms with van der Waals surface area (Å²) in [7, 11) is 1.78. The molecule has 1 aliphatic rings. The van der Waals surface area contributed by atoms with Crippen molar-refractivity contribution in [1.29, 1.82) is 0 Å². The number of benzene rings is 2. The molecule has 0 saturated carbocycles. The van der Waals surface area contributed by atoms with E-state index in [-0.39, 0.29) is 23.3 Å². The molecular formula is C23H25F3N2O2S. The Kier molecular flexibility index (Phi) is 7.30. The predicted molar refractivity (Wildman–Crippen MR) is 115 cm³/mol. The largest absolute Gasteiger partial charge is 0.416 e. The van der Waals surface area contributed by atoms with Crippen LogP contribution in [-0.2, 0) is 17.5 Å². The molecule has 2 aromatic rings. The second kappa shape index (κ2) is 9.77. The number of alkyl halides is 3. The van der Waals surface area contributed by atoms with Crippen molar-refractivity contribution in [3.63, 3.8) is 0 Å². The van der Waals surface area contributed by atoms with Gasteiger partial charge in [0.05, 0.1) is 5.56 Å². The van der Waals surface area contributed by atoms with Gasteiger partial charge >= 0.3 is 6.18 Å². The zero-order valence-corrected chi connectivity index (χ0v) is 18.3. The van der Waals surface area contributed by atoms with Gasteiger partial charge in [-0.2, -0.15) is 13.2 Å². The molecule has 0 spiro atoms. The van der Waals surface area contributed by atoms with Crippen molar-refractivity contribution in [2.75, 3.05) is 26.4 Å². The molecule has 1 saturated heterocycles. The third-order valence-corrected chi connectivity index (χ3v) is 6.29. The van der Waals surface area contributed by atoms with Crippen LogP contribution in [0.2, 0.25) is 0 Å². The highest BCUT2D eigenvalue weighted by molar-refractivity contribution is 7.98. The molecular weight excluding hydrogens is 425 g/mol. The van der Waals surface area contributed by atoms with Gasteiger partial charge in [-0.05, 0) is 61.1 Å². The van der Waals surface area contributed by atoms with E-state index in [0.29, 0.717) is 32.5 Å². The van der Waals surface area contributed by atoms with Gasteiger partial charge in [-0.15, -0.1) is 11.8 Å². The Balaban J connectivity index is 1.53. The number of hydrogen-bond donors (Lipinski definition) is 0. The summed E-state index contributed by atoms with van der Waals surface area (Å²) in [5.41, 5.74) is 0.506. The number of likely N-dealkylation sites (tertiary alicyclic amines) is 1. The van der Waals surface area contributed by atoms with Crippen molar-refractivity contribution in [1.82, 2.24) is 9.80 Å². The summed E-state index contributed by atoms with van der Waals surface area (Å²) in [6.07, 6.45) is -1.33. The Hall–Kier alpha value is -2.48. The summed E-state index contributed by atoms with van der Waals surface area (Å²) < 4.78 is 38.1. The van der Waals surface area contributed by atoms with E-state index in [1.165, 1.54) is 17.0 Å². The molecule has 4 nitrogen and oxygen atoms in total. The van der Waals surface area contributed by atoms with E-state index in [4.69, 9.17) is 0 Å². The first-order valence-electron chi connectivity index (χ1n) is 10.0. The smallest absolute Gasteiger partial charge is 0.341 e. The molecule has 0 N–H and O–H groups in total. The van der Waals surface area contributed by atoms with Crippen molar-refractivity contribution < 1.29 is 22.8 Å². The summed E-state index contributed by atoms with van der Waals surface area (Å²) in [6, 6.07) is 12.3. The molecule has 166 valence electrons. The number of piperidine rings is 1. The zero-order chi connectivity index (χ0) is 22.6. The molecule has 1 aliphatic heterocycles. The molecule has 0 atom stereocenters. The van der Waals surface area contributed by atoms with Gasteiger partial charge in [0.2, 0.25) is 5.91 Å². The molecule has 1 heterocycles. The second-order valence-electron chi connectivity index (χ2n) is 7.68. The number of carbonyl (C=O) groups excluding carboxylic acids is 2. The van der Waals surface area contributed by atoms with Crippen molar-refractivity contribution in [2.45, 2.75) is 30.5 Å². The van der Waals surface area contributed by atoms with E-state index in [9.17, 15) is 22.8 Å². The van der Waals surface area contributed by atoms with Gasteiger partial charge < -0.3 is 9.80 Å². The van der Waals surface area contributed by atoms with E-state index in [1.54, 1.807) is 28.6 Å². The van der Waals surface area contributed by atoms with E-state index < -0.39 is 11.7 Å². The number of halogens is 3. The maximum absolute atomic E-state index is 12.8. The Morgan fingerprint density at radius 3 is 2.13 bits per heavy atom. The van der Waals surface area contributed by atoms with Gasteiger partial charge in [0.1, 0.15) is 0 Å². The first-order chi connectivity index (χ1) is 14.7. The molecule has 8 heteroatoms. The topological polar surface area (TPSA) is 40.6 Å². The van der Waals surface area contributed by atoms with Gasteiger partial charge in [0, 0.05) is 43.1 Å². The van der Waals surface area contributed by atoms with Gasteiger partial charge in [0.15, 0.2) is 0 Å². The number of carbonyl (C=O) groups is 2. The van der Waals surface area contributed by atoms with Crippen LogP contribution in [0.4, 0.5) is 13.2 Å². The third kappa shape index (κ3) is 5.81. The molecule has 31 heavy (non-hydrogen) atoms. The van der Waals surface area contributed by atoms with Gasteiger partial charge in [0.25, 0.3) is 5.91 Å². The summed E-state index contributed by atoms with van der Waals surface area (Å²) in [5, 5.41) is 0. The first-order valence-corrected chi connectivity index (χ1v) is 11.3. The maximum atomic E-state index is 12.8. The Morgan fingerprint density at radius 2 is 1.61 bits per heavy atom. The Morgan fingerprint density at radius 1 is 1.03 bits per heavy atom. The molecule has 0 aliphatic carbocycles. The highest BCUT2D eigenvalue weighted by Gasteiger charge is 2.32. The van der Waals surface area contributed by atoms with Crippen LogP contribution < -0.4 is 0 Å². The monoisotopic (exact) mass is 450 g/mol. The van der Waals surface area contributed by atoms with Crippen LogP contribution in [0.15, 0.2) is 53.4 Å². The van der Waals surface area contributed by atoms with Gasteiger partial charge in [-0.25, -0.2) is 0 Å². The lowest BCUT2D eigenvalue weighted by Gasteiger charge is -2.33. The van der Waals surface area contributed by atoms with Crippen molar-refractivity contribution in [2.24, 2.45) is 5.92 Å². The normalized spacial score (nSPS) is 15.1. The van der Waals surface area contributed by atoms with Crippen LogP contribution in [0.1, 0.15) is 34.3 Å². The minimum absolute atomic E-state index is 0.0515. The summed E-state index contributed by atoms with van der Waals surface area (Å²) >= 11 is 1.67. The third-order valence-electron chi connectivity index (χ3n) is 5.55. The van der Waals surface area contributed by atoms with Crippen molar-refractivity contribution in [3.05, 3.63) is 65.2 Å². The number of hydrogen-bond acceptors (Lipinski definition) is 3. The van der Waals surface area contributed by atoms with E-state index in [2.05, 4.69) is 0 Å². The molecule has 0 bridgehead atoms. The number of rotatable bonds is 5. The Labute approximate surface area is 184 Å². The molecule has 0 unspecified atom stereocenters. The second-order valence-corrected chi connectivity index (χ2v) is 8.56. The van der Waals surface area contributed by atoms with Crippen LogP contribution in [-0.4, -0.2) is 48.0 Å². The zero-order valence-electron chi connectivity index (χ0n) is 17.5. The minimum atomic E-state index is -4.43. The highest BCUT2D eigenvalue weighted by atomic mass is 32.2. The number of thioether (sulfide) groups is 1. The van der Waals surface area contributed by atoms with Crippen molar-refractivity contribution in [3.8, 4) is 0 Å². The predicted octanol–water partition coefficient (Wildman–Crippen LogP) is 4.94. The van der Waals surface area contributed by atoms with Crippen LogP contribution in [0.5, 0.6) is 0 Å². The average molecular weight is 451 g/mol. The maximum Gasteiger partial charge on any atom is 0.416 e. The molecule has 2 amide bonds. The molecule has 0 aromatic heterocycles.